The van der Waals surface area contributed by atoms with E-state index in [9.17, 15) is 9.90 Å². The zero-order valence-corrected chi connectivity index (χ0v) is 16.7. The van der Waals surface area contributed by atoms with E-state index in [1.54, 1.807) is 0 Å². The van der Waals surface area contributed by atoms with Crippen LogP contribution in [0.4, 0.5) is 0 Å². The van der Waals surface area contributed by atoms with Crippen LogP contribution in [0.2, 0.25) is 0 Å². The van der Waals surface area contributed by atoms with Crippen LogP contribution in [0.25, 0.3) is 0 Å². The summed E-state index contributed by atoms with van der Waals surface area (Å²) in [4.78, 5) is 11.6. The van der Waals surface area contributed by atoms with E-state index in [2.05, 4.69) is 6.92 Å². The Labute approximate surface area is 158 Å². The maximum Gasteiger partial charge on any atom is 0.302 e. The van der Waals surface area contributed by atoms with Crippen LogP contribution in [0.3, 0.4) is 0 Å². The minimum Gasteiger partial charge on any atom is -0.465 e. The van der Waals surface area contributed by atoms with Crippen LogP contribution in [0, 0.1) is 34.5 Å². The first-order valence-electron chi connectivity index (χ1n) is 10.7. The highest BCUT2D eigenvalue weighted by Gasteiger charge is 2.62. The van der Waals surface area contributed by atoms with Gasteiger partial charge in [-0.25, -0.2) is 0 Å². The van der Waals surface area contributed by atoms with Crippen LogP contribution >= 0.6 is 0 Å². The Morgan fingerprint density at radius 1 is 1.08 bits per heavy atom. The Kier molecular flexibility index (Phi) is 4.88. The van der Waals surface area contributed by atoms with E-state index in [0.717, 1.165) is 31.1 Å². The molecule has 0 amide bonds. The summed E-state index contributed by atoms with van der Waals surface area (Å²) < 4.78 is 11.5. The van der Waals surface area contributed by atoms with E-state index in [1.807, 2.05) is 7.11 Å². The molecule has 4 rings (SSSR count). The van der Waals surface area contributed by atoms with E-state index in [-0.39, 0.29) is 17.5 Å². The molecule has 148 valence electrons. The van der Waals surface area contributed by atoms with E-state index in [0.29, 0.717) is 30.0 Å². The average Bonchev–Trinajstić information content (AvgIpc) is 2.96. The number of carbonyl (C=O) groups excluding carboxylic acids is 1. The summed E-state index contributed by atoms with van der Waals surface area (Å²) in [6.45, 7) is 4.56. The molecule has 1 N–H and O–H groups in total. The van der Waals surface area contributed by atoms with E-state index in [4.69, 9.17) is 9.47 Å². The number of fused-ring (bicyclic) bond motifs is 5. The number of aliphatic hydroxyl groups is 1. The maximum absolute atomic E-state index is 11.6. The third kappa shape index (κ3) is 2.74. The molecule has 4 fully saturated rings. The fourth-order valence-corrected chi connectivity index (χ4v) is 7.88. The first-order chi connectivity index (χ1) is 12.4. The number of rotatable bonds is 3. The smallest absolute Gasteiger partial charge is 0.302 e. The molecule has 0 aromatic heterocycles. The van der Waals surface area contributed by atoms with Crippen molar-refractivity contribution in [1.29, 1.82) is 0 Å². The first-order valence-corrected chi connectivity index (χ1v) is 10.7. The Morgan fingerprint density at radius 2 is 1.88 bits per heavy atom. The van der Waals surface area contributed by atoms with Gasteiger partial charge in [0.25, 0.3) is 0 Å². The summed E-state index contributed by atoms with van der Waals surface area (Å²) in [5.74, 6) is 2.47. The molecule has 4 saturated carbocycles. The lowest BCUT2D eigenvalue weighted by Crippen LogP contribution is -2.57. The van der Waals surface area contributed by atoms with E-state index < -0.39 is 0 Å². The highest BCUT2D eigenvalue weighted by Crippen LogP contribution is 2.66. The van der Waals surface area contributed by atoms with Gasteiger partial charge >= 0.3 is 5.97 Å². The molecule has 0 aromatic carbocycles. The number of hydrogen-bond donors (Lipinski definition) is 1. The maximum atomic E-state index is 11.6. The fourth-order valence-electron chi connectivity index (χ4n) is 7.88. The molecule has 0 radical (unpaired) electrons. The largest absolute Gasteiger partial charge is 0.465 e. The van der Waals surface area contributed by atoms with Crippen LogP contribution < -0.4 is 0 Å². The molecule has 0 aliphatic heterocycles. The summed E-state index contributed by atoms with van der Waals surface area (Å²) in [6, 6.07) is 0. The third-order valence-electron chi connectivity index (χ3n) is 9.08. The van der Waals surface area contributed by atoms with Crippen molar-refractivity contribution >= 4 is 5.97 Å². The van der Waals surface area contributed by atoms with E-state index in [1.165, 1.54) is 45.4 Å². The minimum atomic E-state index is -0.166. The van der Waals surface area contributed by atoms with Crippen molar-refractivity contribution in [3.63, 3.8) is 0 Å². The Bertz CT molecular complexity index is 548. The number of methoxy groups -OCH3 is 1. The van der Waals surface area contributed by atoms with Crippen molar-refractivity contribution in [2.24, 2.45) is 34.5 Å². The van der Waals surface area contributed by atoms with Gasteiger partial charge in [-0.05, 0) is 86.9 Å². The lowest BCUT2D eigenvalue weighted by atomic mass is 9.44. The van der Waals surface area contributed by atoms with Crippen molar-refractivity contribution in [3.8, 4) is 0 Å². The summed E-state index contributed by atoms with van der Waals surface area (Å²) in [5.41, 5.74) is 0.417. The van der Waals surface area contributed by atoms with Gasteiger partial charge in [0.1, 0.15) is 0 Å². The van der Waals surface area contributed by atoms with Crippen molar-refractivity contribution < 1.29 is 19.4 Å². The molecule has 0 spiro atoms. The molecule has 0 saturated heterocycles. The monoisotopic (exact) mass is 364 g/mol. The molecular formula is C22H36O4. The molecule has 4 heteroatoms. The molecule has 4 aliphatic carbocycles. The van der Waals surface area contributed by atoms with Crippen molar-refractivity contribution in [2.75, 3.05) is 13.7 Å². The number of ether oxygens (including phenoxy) is 2. The zero-order valence-electron chi connectivity index (χ0n) is 16.7. The van der Waals surface area contributed by atoms with E-state index >= 15 is 0 Å². The summed E-state index contributed by atoms with van der Waals surface area (Å²) >= 11 is 0. The van der Waals surface area contributed by atoms with Gasteiger partial charge in [-0.2, -0.15) is 0 Å². The molecule has 4 nitrogen and oxygen atoms in total. The highest BCUT2D eigenvalue weighted by atomic mass is 16.5. The van der Waals surface area contributed by atoms with Gasteiger partial charge in [0.15, 0.2) is 0 Å². The summed E-state index contributed by atoms with van der Waals surface area (Å²) in [6.07, 6.45) is 10.4. The lowest BCUT2D eigenvalue weighted by molar-refractivity contribution is -0.177. The molecule has 4 aliphatic rings. The second kappa shape index (κ2) is 6.77. The van der Waals surface area contributed by atoms with Gasteiger partial charge in [-0.15, -0.1) is 0 Å². The Hall–Kier alpha value is -0.610. The topological polar surface area (TPSA) is 55.8 Å². The molecule has 8 unspecified atom stereocenters. The molecule has 8 atom stereocenters. The van der Waals surface area contributed by atoms with Crippen LogP contribution in [0.15, 0.2) is 0 Å². The van der Waals surface area contributed by atoms with Gasteiger partial charge < -0.3 is 14.6 Å². The van der Waals surface area contributed by atoms with Crippen LogP contribution in [0.5, 0.6) is 0 Å². The fraction of sp³-hybridized carbons (Fsp3) is 0.955. The molecular weight excluding hydrogens is 328 g/mol. The third-order valence-corrected chi connectivity index (χ3v) is 9.08. The number of hydrogen-bond acceptors (Lipinski definition) is 4. The van der Waals surface area contributed by atoms with Gasteiger partial charge in [0.05, 0.1) is 18.8 Å². The van der Waals surface area contributed by atoms with Crippen molar-refractivity contribution in [1.82, 2.24) is 0 Å². The average molecular weight is 365 g/mol. The van der Waals surface area contributed by atoms with Crippen LogP contribution in [0.1, 0.15) is 71.6 Å². The standard InChI is InChI=1S/C22H36O4/c1-14(23)26-13-22-11-8-16(24)12-15(22)4-5-17-18-6-7-20(25-3)21(18,2)10-9-19(17)22/h15-20,24H,4-13H2,1-3H3. The van der Waals surface area contributed by atoms with Crippen molar-refractivity contribution in [3.05, 3.63) is 0 Å². The second-order valence-corrected chi connectivity index (χ2v) is 9.94. The number of carbonyl (C=O) groups is 1. The first kappa shape index (κ1) is 18.7. The van der Waals surface area contributed by atoms with Crippen molar-refractivity contribution in [2.45, 2.75) is 83.8 Å². The second-order valence-electron chi connectivity index (χ2n) is 9.94. The molecule has 0 heterocycles. The van der Waals surface area contributed by atoms with Gasteiger partial charge in [0.2, 0.25) is 0 Å². The van der Waals surface area contributed by atoms with Gasteiger partial charge in [-0.1, -0.05) is 6.92 Å². The quantitative estimate of drug-likeness (QED) is 0.771. The van der Waals surface area contributed by atoms with Crippen LogP contribution in [-0.2, 0) is 14.3 Å². The number of esters is 1. The van der Waals surface area contributed by atoms with Gasteiger partial charge in [-0.3, -0.25) is 4.79 Å². The normalized spacial score (nSPS) is 50.5. The predicted molar refractivity (Wildman–Crippen MR) is 99.5 cm³/mol. The Morgan fingerprint density at radius 3 is 2.62 bits per heavy atom. The molecule has 0 bridgehead atoms. The highest BCUT2D eigenvalue weighted by molar-refractivity contribution is 5.65. The lowest BCUT2D eigenvalue weighted by Gasteiger charge is -2.61. The van der Waals surface area contributed by atoms with Gasteiger partial charge in [0, 0.05) is 19.4 Å². The predicted octanol–water partition coefficient (Wildman–Crippen LogP) is 3.95. The minimum absolute atomic E-state index is 0.0975. The SMILES string of the molecule is COC1CCC2C3CCC4CC(O)CCC4(COC(C)=O)C3CCC12C. The molecule has 26 heavy (non-hydrogen) atoms. The number of aliphatic hydroxyl groups excluding tert-OH is 1. The zero-order chi connectivity index (χ0) is 18.5. The summed E-state index contributed by atoms with van der Waals surface area (Å²) in [7, 11) is 1.88. The Balaban J connectivity index is 1.63. The van der Waals surface area contributed by atoms with Crippen LogP contribution in [-0.4, -0.2) is 37.0 Å². The summed E-state index contributed by atoms with van der Waals surface area (Å²) in [5, 5.41) is 10.3. The molecule has 0 aromatic rings.